The van der Waals surface area contributed by atoms with Crippen LogP contribution in [0, 0.1) is 5.92 Å². The van der Waals surface area contributed by atoms with Gasteiger partial charge in [0.05, 0.1) is 5.71 Å². The van der Waals surface area contributed by atoms with E-state index in [1.807, 2.05) is 0 Å². The second-order valence-corrected chi connectivity index (χ2v) is 8.85. The Labute approximate surface area is 202 Å². The van der Waals surface area contributed by atoms with Crippen LogP contribution in [0.1, 0.15) is 62.2 Å². The maximum atomic E-state index is 13.1. The van der Waals surface area contributed by atoms with Gasteiger partial charge in [-0.25, -0.2) is 4.98 Å². The average Bonchev–Trinajstić information content (AvgIpc) is 2.80. The Morgan fingerprint density at radius 3 is 2.68 bits per heavy atom. The summed E-state index contributed by atoms with van der Waals surface area (Å²) in [6.45, 7) is 0.915. The molecule has 1 aliphatic rings. The van der Waals surface area contributed by atoms with Crippen LogP contribution in [0.15, 0.2) is 41.7 Å². The normalized spacial score (nSPS) is 18.5. The van der Waals surface area contributed by atoms with Crippen molar-refractivity contribution in [3.8, 4) is 17.0 Å². The minimum atomic E-state index is -4.54. The minimum absolute atomic E-state index is 0.126. The highest BCUT2D eigenvalue weighted by Gasteiger charge is 2.38. The number of carbonyl (C=O) groups excluding carboxylic acids is 1. The molecule has 1 fully saturated rings. The third-order valence-electron chi connectivity index (χ3n) is 5.95. The van der Waals surface area contributed by atoms with Gasteiger partial charge < -0.3 is 9.57 Å². The molecule has 1 heterocycles. The van der Waals surface area contributed by atoms with Gasteiger partial charge in [0, 0.05) is 34.7 Å². The summed E-state index contributed by atoms with van der Waals surface area (Å²) < 4.78 is 44.3. The Bertz CT molecular complexity index is 1010. The highest BCUT2D eigenvalue weighted by Crippen LogP contribution is 2.34. The van der Waals surface area contributed by atoms with E-state index in [-0.39, 0.29) is 11.7 Å². The van der Waals surface area contributed by atoms with E-state index in [9.17, 15) is 18.0 Å². The average molecular weight is 497 g/mol. The van der Waals surface area contributed by atoms with Gasteiger partial charge in [0.2, 0.25) is 5.88 Å². The van der Waals surface area contributed by atoms with Gasteiger partial charge in [0.1, 0.15) is 7.11 Å². The second kappa shape index (κ2) is 11.7. The van der Waals surface area contributed by atoms with Gasteiger partial charge in [0.25, 0.3) is 0 Å². The summed E-state index contributed by atoms with van der Waals surface area (Å²) in [4.78, 5) is 21.9. The van der Waals surface area contributed by atoms with E-state index >= 15 is 0 Å². The zero-order chi connectivity index (χ0) is 24.7. The summed E-state index contributed by atoms with van der Waals surface area (Å²) in [7, 11) is 1.54. The molecular formula is C25H28ClF3N2O3. The largest absolute Gasteiger partial charge is 0.465 e. The Kier molecular flexibility index (Phi) is 8.94. The van der Waals surface area contributed by atoms with E-state index in [0.29, 0.717) is 40.5 Å². The zero-order valence-electron chi connectivity index (χ0n) is 19.2. The van der Waals surface area contributed by atoms with Crippen LogP contribution in [-0.2, 0) is 4.84 Å². The van der Waals surface area contributed by atoms with E-state index in [1.54, 1.807) is 24.3 Å². The number of nitrogens with zero attached hydrogens (tertiary/aromatic N) is 2. The fraction of sp³-hybridized carbons (Fsp3) is 0.480. The van der Waals surface area contributed by atoms with Crippen molar-refractivity contribution < 1.29 is 27.5 Å². The molecule has 1 aromatic carbocycles. The lowest BCUT2D eigenvalue weighted by Gasteiger charge is -2.23. The number of aromatic nitrogens is 1. The smallest absolute Gasteiger partial charge is 0.425 e. The molecule has 0 spiro atoms. The molecule has 9 heteroatoms. The fourth-order valence-corrected chi connectivity index (χ4v) is 4.16. The number of benzene rings is 1. The number of ketones is 1. The molecule has 2 atom stereocenters. The fourth-order valence-electron chi connectivity index (χ4n) is 4.04. The molecule has 0 amide bonds. The predicted octanol–water partition coefficient (Wildman–Crippen LogP) is 7.28. The van der Waals surface area contributed by atoms with Gasteiger partial charge in [-0.3, -0.25) is 4.79 Å². The summed E-state index contributed by atoms with van der Waals surface area (Å²) in [5.41, 5.74) is 2.23. The van der Waals surface area contributed by atoms with E-state index in [1.165, 1.54) is 19.4 Å². The lowest BCUT2D eigenvalue weighted by Crippen LogP contribution is -2.31. The third kappa shape index (κ3) is 6.95. The summed E-state index contributed by atoms with van der Waals surface area (Å²) >= 11 is 5.95. The van der Waals surface area contributed by atoms with Crippen molar-refractivity contribution in [1.82, 2.24) is 4.98 Å². The summed E-state index contributed by atoms with van der Waals surface area (Å²) in [6.07, 6.45) is 0.660. The van der Waals surface area contributed by atoms with Crippen LogP contribution in [0.2, 0.25) is 5.02 Å². The topological polar surface area (TPSA) is 60.8 Å². The van der Waals surface area contributed by atoms with Crippen LogP contribution >= 0.6 is 11.6 Å². The van der Waals surface area contributed by atoms with Crippen LogP contribution in [-0.4, -0.2) is 35.9 Å². The number of alkyl halides is 3. The number of carbonyl (C=O) groups is 1. The van der Waals surface area contributed by atoms with Crippen molar-refractivity contribution in [1.29, 1.82) is 0 Å². The Morgan fingerprint density at radius 2 is 2.00 bits per heavy atom. The van der Waals surface area contributed by atoms with E-state index in [4.69, 9.17) is 21.2 Å². The van der Waals surface area contributed by atoms with Gasteiger partial charge in [0.15, 0.2) is 11.9 Å². The Morgan fingerprint density at radius 1 is 1.26 bits per heavy atom. The highest BCUT2D eigenvalue weighted by atomic mass is 35.5. The van der Waals surface area contributed by atoms with Gasteiger partial charge in [-0.2, -0.15) is 13.2 Å². The molecule has 34 heavy (non-hydrogen) atoms. The SMILES string of the molecule is CO/N=C1\CCCC[C@@H]1CCCC(=O)c1cnc(O[C@@H](C)C(F)(F)F)c(-c2ccc(Cl)cc2)c1. The maximum Gasteiger partial charge on any atom is 0.425 e. The molecule has 184 valence electrons. The van der Waals surface area contributed by atoms with Crippen LogP contribution in [0.4, 0.5) is 13.2 Å². The van der Waals surface area contributed by atoms with Crippen molar-refractivity contribution in [2.45, 2.75) is 64.1 Å². The predicted molar refractivity (Wildman–Crippen MR) is 125 cm³/mol. The second-order valence-electron chi connectivity index (χ2n) is 8.41. The molecule has 2 aromatic rings. The van der Waals surface area contributed by atoms with Crippen LogP contribution in [0.5, 0.6) is 5.88 Å². The molecule has 0 bridgehead atoms. The molecule has 0 unspecified atom stereocenters. The van der Waals surface area contributed by atoms with Crippen molar-refractivity contribution in [2.24, 2.45) is 11.1 Å². The van der Waals surface area contributed by atoms with Gasteiger partial charge >= 0.3 is 6.18 Å². The van der Waals surface area contributed by atoms with Gasteiger partial charge in [-0.05, 0) is 62.8 Å². The quantitative estimate of drug-likeness (QED) is 0.270. The van der Waals surface area contributed by atoms with E-state index < -0.39 is 12.3 Å². The minimum Gasteiger partial charge on any atom is -0.465 e. The molecule has 1 saturated carbocycles. The van der Waals surface area contributed by atoms with Crippen molar-refractivity contribution >= 4 is 23.1 Å². The van der Waals surface area contributed by atoms with Crippen LogP contribution < -0.4 is 4.74 Å². The number of ether oxygens (including phenoxy) is 1. The molecule has 1 aromatic heterocycles. The lowest BCUT2D eigenvalue weighted by molar-refractivity contribution is -0.189. The number of pyridine rings is 1. The zero-order valence-corrected chi connectivity index (χ0v) is 20.0. The summed E-state index contributed by atoms with van der Waals surface area (Å²) in [6, 6.07) is 8.07. The third-order valence-corrected chi connectivity index (χ3v) is 6.20. The highest BCUT2D eigenvalue weighted by molar-refractivity contribution is 6.30. The number of oxime groups is 1. The molecule has 0 N–H and O–H groups in total. The first-order valence-electron chi connectivity index (χ1n) is 11.3. The van der Waals surface area contributed by atoms with Crippen molar-refractivity contribution in [3.05, 3.63) is 47.1 Å². The van der Waals surface area contributed by atoms with Gasteiger partial charge in [-0.1, -0.05) is 35.3 Å². The maximum absolute atomic E-state index is 13.1. The molecule has 0 aliphatic heterocycles. The molecule has 0 saturated heterocycles. The molecule has 5 nitrogen and oxygen atoms in total. The first-order valence-corrected chi connectivity index (χ1v) is 11.7. The molecule has 1 aliphatic carbocycles. The van der Waals surface area contributed by atoms with E-state index in [0.717, 1.165) is 44.7 Å². The molecular weight excluding hydrogens is 469 g/mol. The van der Waals surface area contributed by atoms with Crippen LogP contribution in [0.3, 0.4) is 0 Å². The number of hydrogen-bond acceptors (Lipinski definition) is 5. The first-order chi connectivity index (χ1) is 16.2. The standard InChI is InChI=1S/C25H28ClF3N2O3/c1-16(25(27,28)29)34-24-21(17-10-12-20(26)13-11-17)14-19(15-30-24)23(32)9-5-7-18-6-3-4-8-22(18)31-33-2/h10-16,18H,3-9H2,1-2H3/b31-22+/t16-,18+/m0/s1. The van der Waals surface area contributed by atoms with Crippen molar-refractivity contribution in [3.63, 3.8) is 0 Å². The Balaban J connectivity index is 1.76. The van der Waals surface area contributed by atoms with Gasteiger partial charge in [-0.15, -0.1) is 0 Å². The first kappa shape index (κ1) is 26.0. The number of hydrogen-bond donors (Lipinski definition) is 0. The lowest BCUT2D eigenvalue weighted by atomic mass is 9.83. The monoisotopic (exact) mass is 496 g/mol. The van der Waals surface area contributed by atoms with E-state index in [2.05, 4.69) is 10.1 Å². The number of Topliss-reactive ketones (excluding diaryl/α,β-unsaturated/α-hetero) is 1. The summed E-state index contributed by atoms with van der Waals surface area (Å²) in [5.74, 6) is -0.00520. The molecule has 3 rings (SSSR count). The van der Waals surface area contributed by atoms with Crippen LogP contribution in [0.25, 0.3) is 11.1 Å². The Hall–Kier alpha value is -2.61. The summed E-state index contributed by atoms with van der Waals surface area (Å²) in [5, 5.41) is 4.62. The van der Waals surface area contributed by atoms with Crippen molar-refractivity contribution in [2.75, 3.05) is 7.11 Å². The number of rotatable bonds is 9. The number of halogens is 4. The molecule has 0 radical (unpaired) electrons.